The Labute approximate surface area is 87.1 Å². The molecule has 1 rings (SSSR count). The van der Waals surface area contributed by atoms with Crippen molar-refractivity contribution >= 4 is 11.8 Å². The Bertz CT molecular complexity index is 331. The first-order chi connectivity index (χ1) is 7.19. The molecule has 0 aromatic carbocycles. The number of carbonyl (C=O) groups is 2. The Morgan fingerprint density at radius 1 is 1.27 bits per heavy atom. The van der Waals surface area contributed by atoms with E-state index in [1.807, 2.05) is 13.8 Å². The lowest BCUT2D eigenvalue weighted by Crippen LogP contribution is -2.41. The van der Waals surface area contributed by atoms with Gasteiger partial charge in [0.25, 0.3) is 0 Å². The van der Waals surface area contributed by atoms with Gasteiger partial charge in [0.05, 0.1) is 0 Å². The molecule has 7 heteroatoms. The van der Waals surface area contributed by atoms with Crippen molar-refractivity contribution in [2.75, 3.05) is 18.5 Å². The van der Waals surface area contributed by atoms with Gasteiger partial charge in [0.2, 0.25) is 0 Å². The number of amides is 2. The molecule has 0 radical (unpaired) electrons. The highest BCUT2D eigenvalue weighted by Crippen LogP contribution is 1.89. The van der Waals surface area contributed by atoms with Gasteiger partial charge < -0.3 is 4.90 Å². The highest BCUT2D eigenvalue weighted by Gasteiger charge is 2.19. The summed E-state index contributed by atoms with van der Waals surface area (Å²) < 4.78 is 1.23. The van der Waals surface area contributed by atoms with Gasteiger partial charge in [0.1, 0.15) is 12.7 Å². The molecule has 1 aromatic rings. The molecule has 7 nitrogen and oxygen atoms in total. The first-order valence-electron chi connectivity index (χ1n) is 4.63. The van der Waals surface area contributed by atoms with Crippen molar-refractivity contribution in [2.45, 2.75) is 13.8 Å². The Kier molecular flexibility index (Phi) is 3.78. The average Bonchev–Trinajstić information content (AvgIpc) is 2.72. The second kappa shape index (κ2) is 5.08. The van der Waals surface area contributed by atoms with Gasteiger partial charge in [-0.25, -0.2) is 4.68 Å². The minimum Gasteiger partial charge on any atom is -0.335 e. The SMILES string of the molecule is CCN(CC)C(=O)C(=O)Nn1cnnc1. The maximum atomic E-state index is 11.5. The number of hydrogen-bond acceptors (Lipinski definition) is 4. The predicted octanol–water partition coefficient (Wildman–Crippen LogP) is -0.783. The van der Waals surface area contributed by atoms with Crippen molar-refractivity contribution in [3.05, 3.63) is 12.7 Å². The third-order valence-electron chi connectivity index (χ3n) is 1.89. The molecule has 1 N–H and O–H groups in total. The molecule has 0 bridgehead atoms. The Morgan fingerprint density at radius 3 is 2.27 bits per heavy atom. The second-order valence-corrected chi connectivity index (χ2v) is 2.79. The van der Waals surface area contributed by atoms with Crippen molar-refractivity contribution in [3.63, 3.8) is 0 Å². The average molecular weight is 211 g/mol. The zero-order valence-electron chi connectivity index (χ0n) is 8.67. The summed E-state index contributed by atoms with van der Waals surface area (Å²) in [5.41, 5.74) is 2.33. The third kappa shape index (κ3) is 2.76. The van der Waals surface area contributed by atoms with E-state index in [-0.39, 0.29) is 0 Å². The van der Waals surface area contributed by atoms with E-state index in [1.54, 1.807) is 0 Å². The van der Waals surface area contributed by atoms with Crippen LogP contribution >= 0.6 is 0 Å². The number of hydrogen-bond donors (Lipinski definition) is 1. The summed E-state index contributed by atoms with van der Waals surface area (Å²) in [5.74, 6) is -1.26. The molecule has 82 valence electrons. The molecule has 0 aliphatic carbocycles. The minimum absolute atomic E-state index is 0.505. The number of aromatic nitrogens is 3. The fraction of sp³-hybridized carbons (Fsp3) is 0.500. The molecule has 1 aromatic heterocycles. The molecule has 0 aliphatic rings. The van der Waals surface area contributed by atoms with Gasteiger partial charge in [-0.05, 0) is 13.8 Å². The van der Waals surface area contributed by atoms with Crippen LogP contribution in [0.4, 0.5) is 0 Å². The Morgan fingerprint density at radius 2 is 1.80 bits per heavy atom. The highest BCUT2D eigenvalue weighted by molar-refractivity contribution is 6.38. The molecular weight excluding hydrogens is 198 g/mol. The Hall–Kier alpha value is -1.92. The summed E-state index contributed by atoms with van der Waals surface area (Å²) in [6.07, 6.45) is 2.60. The summed E-state index contributed by atoms with van der Waals surface area (Å²) in [4.78, 5) is 24.3. The predicted molar refractivity (Wildman–Crippen MR) is 52.3 cm³/mol. The number of rotatable bonds is 3. The van der Waals surface area contributed by atoms with Gasteiger partial charge in [0.15, 0.2) is 0 Å². The van der Waals surface area contributed by atoms with Crippen molar-refractivity contribution in [2.24, 2.45) is 0 Å². The second-order valence-electron chi connectivity index (χ2n) is 2.79. The molecule has 0 atom stereocenters. The summed E-state index contributed by atoms with van der Waals surface area (Å²) in [5, 5.41) is 6.99. The lowest BCUT2D eigenvalue weighted by Gasteiger charge is -2.17. The molecule has 0 saturated carbocycles. The standard InChI is InChI=1S/C8H13N5O2/c1-3-12(4-2)8(15)7(14)11-13-5-9-10-6-13/h5-6H,3-4H2,1-2H3,(H,11,14). The largest absolute Gasteiger partial charge is 0.335 e. The van der Waals surface area contributed by atoms with Crippen LogP contribution in [0.15, 0.2) is 12.7 Å². The molecular formula is C8H13N5O2. The van der Waals surface area contributed by atoms with E-state index in [4.69, 9.17) is 0 Å². The van der Waals surface area contributed by atoms with E-state index in [9.17, 15) is 9.59 Å². The van der Waals surface area contributed by atoms with Crippen LogP contribution in [-0.4, -0.2) is 44.7 Å². The molecule has 0 saturated heterocycles. The number of likely N-dealkylation sites (N-methyl/N-ethyl adjacent to an activating group) is 1. The maximum absolute atomic E-state index is 11.5. The molecule has 0 fully saturated rings. The summed E-state index contributed by atoms with van der Waals surface area (Å²) in [6.45, 7) is 4.64. The fourth-order valence-electron chi connectivity index (χ4n) is 1.08. The summed E-state index contributed by atoms with van der Waals surface area (Å²) >= 11 is 0. The smallest absolute Gasteiger partial charge is 0.328 e. The quantitative estimate of drug-likeness (QED) is 0.665. The van der Waals surface area contributed by atoms with Crippen molar-refractivity contribution in [1.29, 1.82) is 0 Å². The number of nitrogens with zero attached hydrogens (tertiary/aromatic N) is 4. The lowest BCUT2D eigenvalue weighted by atomic mass is 10.4. The zero-order valence-corrected chi connectivity index (χ0v) is 8.67. The lowest BCUT2D eigenvalue weighted by molar-refractivity contribution is -0.143. The van der Waals surface area contributed by atoms with Crippen molar-refractivity contribution < 1.29 is 9.59 Å². The maximum Gasteiger partial charge on any atom is 0.328 e. The zero-order chi connectivity index (χ0) is 11.3. The normalized spacial score (nSPS) is 9.73. The molecule has 2 amide bonds. The first kappa shape index (κ1) is 11.2. The van der Waals surface area contributed by atoms with E-state index in [0.717, 1.165) is 0 Å². The van der Waals surface area contributed by atoms with Crippen LogP contribution in [0.2, 0.25) is 0 Å². The van der Waals surface area contributed by atoms with Crippen LogP contribution < -0.4 is 5.43 Å². The van der Waals surface area contributed by atoms with E-state index >= 15 is 0 Å². The molecule has 15 heavy (non-hydrogen) atoms. The Balaban J connectivity index is 2.57. The van der Waals surface area contributed by atoms with Gasteiger partial charge in [-0.2, -0.15) is 0 Å². The van der Waals surface area contributed by atoms with E-state index in [0.29, 0.717) is 13.1 Å². The van der Waals surface area contributed by atoms with Crippen LogP contribution in [0.1, 0.15) is 13.8 Å². The van der Waals surface area contributed by atoms with E-state index in [2.05, 4.69) is 15.6 Å². The molecule has 0 spiro atoms. The molecule has 1 heterocycles. The van der Waals surface area contributed by atoms with E-state index < -0.39 is 11.8 Å². The number of carbonyl (C=O) groups excluding carboxylic acids is 2. The van der Waals surface area contributed by atoms with Gasteiger partial charge in [-0.1, -0.05) is 0 Å². The third-order valence-corrected chi connectivity index (χ3v) is 1.89. The van der Waals surface area contributed by atoms with Crippen molar-refractivity contribution in [1.82, 2.24) is 19.8 Å². The van der Waals surface area contributed by atoms with Crippen LogP contribution in [0, 0.1) is 0 Å². The van der Waals surface area contributed by atoms with Gasteiger partial charge in [-0.3, -0.25) is 15.0 Å². The summed E-state index contributed by atoms with van der Waals surface area (Å²) in [7, 11) is 0. The van der Waals surface area contributed by atoms with Crippen LogP contribution in [0.5, 0.6) is 0 Å². The fourth-order valence-corrected chi connectivity index (χ4v) is 1.08. The highest BCUT2D eigenvalue weighted by atomic mass is 16.2. The van der Waals surface area contributed by atoms with Gasteiger partial charge in [-0.15, -0.1) is 10.2 Å². The summed E-state index contributed by atoms with van der Waals surface area (Å²) in [6, 6.07) is 0. The van der Waals surface area contributed by atoms with Gasteiger partial charge in [0, 0.05) is 13.1 Å². The monoisotopic (exact) mass is 211 g/mol. The van der Waals surface area contributed by atoms with Crippen LogP contribution in [0.25, 0.3) is 0 Å². The van der Waals surface area contributed by atoms with Gasteiger partial charge >= 0.3 is 11.8 Å². The minimum atomic E-state index is -0.696. The van der Waals surface area contributed by atoms with Crippen LogP contribution in [-0.2, 0) is 9.59 Å². The molecule has 0 aliphatic heterocycles. The molecule has 0 unspecified atom stereocenters. The topological polar surface area (TPSA) is 80.1 Å². The van der Waals surface area contributed by atoms with Crippen molar-refractivity contribution in [3.8, 4) is 0 Å². The van der Waals surface area contributed by atoms with E-state index in [1.165, 1.54) is 22.2 Å². The number of nitrogens with one attached hydrogen (secondary N) is 1. The first-order valence-corrected chi connectivity index (χ1v) is 4.63. The van der Waals surface area contributed by atoms with Crippen LogP contribution in [0.3, 0.4) is 0 Å².